The van der Waals surface area contributed by atoms with E-state index in [1.54, 1.807) is 19.1 Å². The largest absolute Gasteiger partial charge is 0.391 e. The summed E-state index contributed by atoms with van der Waals surface area (Å²) in [6.07, 6.45) is 0. The van der Waals surface area contributed by atoms with E-state index in [1.165, 1.54) is 17.4 Å². The number of aryl methyl sites for hydroxylation is 1. The zero-order valence-corrected chi connectivity index (χ0v) is 17.0. The average Bonchev–Trinajstić information content (AvgIpc) is 2.76. The Morgan fingerprint density at radius 1 is 1.19 bits per heavy atom. The number of rotatable bonds is 4. The van der Waals surface area contributed by atoms with Crippen LogP contribution in [0.15, 0.2) is 36.5 Å². The van der Waals surface area contributed by atoms with Crippen LogP contribution in [0.3, 0.4) is 0 Å². The molecule has 21 heavy (non-hydrogen) atoms. The van der Waals surface area contributed by atoms with Crippen molar-refractivity contribution in [3.05, 3.63) is 41.4 Å². The molecule has 0 amide bonds. The van der Waals surface area contributed by atoms with Gasteiger partial charge in [-0.25, -0.2) is 8.42 Å². The Kier molecular flexibility index (Phi) is 5.54. The Morgan fingerprint density at radius 2 is 1.76 bits per heavy atom. The van der Waals surface area contributed by atoms with Crippen molar-refractivity contribution in [2.45, 2.75) is 18.4 Å². The first-order valence-corrected chi connectivity index (χ1v) is 10.3. The van der Waals surface area contributed by atoms with Gasteiger partial charge in [-0.15, -0.1) is 11.3 Å². The van der Waals surface area contributed by atoms with Gasteiger partial charge in [0.05, 0.1) is 12.3 Å². The normalized spacial score (nSPS) is 11.7. The van der Waals surface area contributed by atoms with Crippen LogP contribution >= 0.6 is 59.1 Å². The quantitative estimate of drug-likeness (QED) is 0.618. The Labute approximate surface area is 152 Å². The van der Waals surface area contributed by atoms with Crippen molar-refractivity contribution in [1.29, 1.82) is 0 Å². The van der Waals surface area contributed by atoms with E-state index in [0.717, 1.165) is 4.47 Å². The van der Waals surface area contributed by atoms with Gasteiger partial charge in [-0.1, -0.05) is 15.9 Å². The van der Waals surface area contributed by atoms with Gasteiger partial charge in [0, 0.05) is 23.2 Å². The maximum atomic E-state index is 12.5. The van der Waals surface area contributed by atoms with Gasteiger partial charge in [-0.2, -0.15) is 0 Å². The number of sulfonamides is 1. The zero-order chi connectivity index (χ0) is 15.8. The SMILES string of the molecule is Cc1sc(CO)cc1S(=O)(=O)Nc1c(Br)cc(Br)cc1Br. The molecule has 114 valence electrons. The third-order valence-electron chi connectivity index (χ3n) is 2.61. The van der Waals surface area contributed by atoms with E-state index in [0.29, 0.717) is 24.4 Å². The van der Waals surface area contributed by atoms with E-state index < -0.39 is 10.0 Å². The van der Waals surface area contributed by atoms with Gasteiger partial charge in [-0.05, 0) is 57.0 Å². The number of nitrogens with one attached hydrogen (secondary N) is 1. The molecule has 0 unspecified atom stereocenters. The molecule has 0 atom stereocenters. The molecule has 4 nitrogen and oxygen atoms in total. The van der Waals surface area contributed by atoms with E-state index in [2.05, 4.69) is 52.5 Å². The van der Waals surface area contributed by atoms with Gasteiger partial charge in [0.15, 0.2) is 0 Å². The lowest BCUT2D eigenvalue weighted by atomic mass is 10.3. The number of halogens is 3. The molecule has 9 heteroatoms. The molecule has 0 spiro atoms. The molecule has 2 N–H and O–H groups in total. The highest BCUT2D eigenvalue weighted by Gasteiger charge is 2.22. The van der Waals surface area contributed by atoms with Crippen molar-refractivity contribution in [2.24, 2.45) is 0 Å². The predicted octanol–water partition coefficient (Wildman–Crippen LogP) is 4.64. The van der Waals surface area contributed by atoms with Crippen LogP contribution in [0.4, 0.5) is 5.69 Å². The number of aliphatic hydroxyl groups is 1. The monoisotopic (exact) mass is 517 g/mol. The second-order valence-corrected chi connectivity index (χ2v) is 9.76. The van der Waals surface area contributed by atoms with Crippen LogP contribution in [-0.2, 0) is 16.6 Å². The van der Waals surface area contributed by atoms with Crippen LogP contribution in [-0.4, -0.2) is 13.5 Å². The van der Waals surface area contributed by atoms with Crippen LogP contribution in [0.2, 0.25) is 0 Å². The minimum absolute atomic E-state index is 0.174. The molecule has 0 aliphatic heterocycles. The van der Waals surface area contributed by atoms with Gasteiger partial charge >= 0.3 is 0 Å². The molecule has 1 heterocycles. The summed E-state index contributed by atoms with van der Waals surface area (Å²) < 4.78 is 29.6. The first kappa shape index (κ1) is 17.4. The summed E-state index contributed by atoms with van der Waals surface area (Å²) in [5.74, 6) is 0. The number of aliphatic hydroxyl groups excluding tert-OH is 1. The fraction of sp³-hybridized carbons (Fsp3) is 0.167. The fourth-order valence-electron chi connectivity index (χ4n) is 1.70. The van der Waals surface area contributed by atoms with Crippen molar-refractivity contribution in [2.75, 3.05) is 4.72 Å². The molecule has 2 rings (SSSR count). The molecular formula is C12H10Br3NO3S2. The van der Waals surface area contributed by atoms with Crippen LogP contribution in [0, 0.1) is 6.92 Å². The number of benzene rings is 1. The van der Waals surface area contributed by atoms with Crippen LogP contribution < -0.4 is 4.72 Å². The Morgan fingerprint density at radius 3 is 2.24 bits per heavy atom. The maximum absolute atomic E-state index is 12.5. The summed E-state index contributed by atoms with van der Waals surface area (Å²) in [5, 5.41) is 9.12. The van der Waals surface area contributed by atoms with E-state index in [9.17, 15) is 8.42 Å². The van der Waals surface area contributed by atoms with Crippen molar-refractivity contribution in [3.63, 3.8) is 0 Å². The van der Waals surface area contributed by atoms with Crippen LogP contribution in [0.5, 0.6) is 0 Å². The molecule has 0 saturated heterocycles. The Bertz CT molecular complexity index is 764. The molecule has 2 aromatic rings. The fourth-order valence-corrected chi connectivity index (χ4v) is 7.01. The molecule has 0 aliphatic carbocycles. The smallest absolute Gasteiger partial charge is 0.263 e. The van der Waals surface area contributed by atoms with Gasteiger partial charge in [-0.3, -0.25) is 4.72 Å². The predicted molar refractivity (Wildman–Crippen MR) is 95.3 cm³/mol. The molecule has 1 aromatic heterocycles. The van der Waals surface area contributed by atoms with Crippen LogP contribution in [0.1, 0.15) is 9.75 Å². The van der Waals surface area contributed by atoms with Crippen molar-refractivity contribution < 1.29 is 13.5 Å². The lowest BCUT2D eigenvalue weighted by Crippen LogP contribution is -2.14. The highest BCUT2D eigenvalue weighted by molar-refractivity contribution is 9.11. The summed E-state index contributed by atoms with van der Waals surface area (Å²) in [6, 6.07) is 4.99. The number of anilines is 1. The van der Waals surface area contributed by atoms with Gasteiger partial charge in [0.25, 0.3) is 10.0 Å². The number of thiophene rings is 1. The Balaban J connectivity index is 2.44. The molecular weight excluding hydrogens is 510 g/mol. The van der Waals surface area contributed by atoms with Crippen LogP contribution in [0.25, 0.3) is 0 Å². The average molecular weight is 520 g/mol. The molecule has 0 bridgehead atoms. The molecule has 0 radical (unpaired) electrons. The molecule has 0 saturated carbocycles. The zero-order valence-electron chi connectivity index (χ0n) is 10.7. The third-order valence-corrected chi connectivity index (χ3v) is 6.96. The van der Waals surface area contributed by atoms with Crippen molar-refractivity contribution in [3.8, 4) is 0 Å². The lowest BCUT2D eigenvalue weighted by molar-refractivity contribution is 0.285. The standard InChI is InChI=1S/C12H10Br3NO3S2/c1-6-11(4-8(5-17)20-6)21(18,19)16-12-9(14)2-7(13)3-10(12)15/h2-4,16-17H,5H2,1H3. The van der Waals surface area contributed by atoms with E-state index >= 15 is 0 Å². The van der Waals surface area contributed by atoms with Gasteiger partial charge < -0.3 is 5.11 Å². The lowest BCUT2D eigenvalue weighted by Gasteiger charge is -2.12. The van der Waals surface area contributed by atoms with E-state index in [4.69, 9.17) is 5.11 Å². The molecule has 0 fully saturated rings. The highest BCUT2D eigenvalue weighted by Crippen LogP contribution is 2.36. The van der Waals surface area contributed by atoms with E-state index in [1.807, 2.05) is 0 Å². The maximum Gasteiger partial charge on any atom is 0.263 e. The minimum atomic E-state index is -3.72. The summed E-state index contributed by atoms with van der Waals surface area (Å²) in [4.78, 5) is 1.43. The molecule has 1 aromatic carbocycles. The first-order valence-electron chi connectivity index (χ1n) is 5.62. The highest BCUT2D eigenvalue weighted by atomic mass is 79.9. The van der Waals surface area contributed by atoms with Crippen molar-refractivity contribution >= 4 is 74.8 Å². The summed E-state index contributed by atoms with van der Waals surface area (Å²) in [5.41, 5.74) is 0.425. The first-order chi connectivity index (χ1) is 9.74. The second-order valence-electron chi connectivity index (χ2n) is 4.14. The summed E-state index contributed by atoms with van der Waals surface area (Å²) in [7, 11) is -3.72. The van der Waals surface area contributed by atoms with Crippen molar-refractivity contribution in [1.82, 2.24) is 0 Å². The van der Waals surface area contributed by atoms with Gasteiger partial charge in [0.1, 0.15) is 4.90 Å². The third kappa shape index (κ3) is 3.89. The number of hydrogen-bond acceptors (Lipinski definition) is 4. The second kappa shape index (κ2) is 6.67. The number of hydrogen-bond donors (Lipinski definition) is 2. The van der Waals surface area contributed by atoms with E-state index in [-0.39, 0.29) is 11.5 Å². The topological polar surface area (TPSA) is 66.4 Å². The summed E-state index contributed by atoms with van der Waals surface area (Å²) in [6.45, 7) is 1.54. The summed E-state index contributed by atoms with van der Waals surface area (Å²) >= 11 is 11.3. The van der Waals surface area contributed by atoms with Gasteiger partial charge in [0.2, 0.25) is 0 Å². The Hall–Kier alpha value is 0.0700. The minimum Gasteiger partial charge on any atom is -0.391 e. The molecule has 0 aliphatic rings.